The summed E-state index contributed by atoms with van der Waals surface area (Å²) in [5.74, 6) is -0.676. The Labute approximate surface area is 229 Å². The number of carbonyl (C=O) groups excluding carboxylic acids is 1. The van der Waals surface area contributed by atoms with E-state index in [4.69, 9.17) is 11.6 Å². The van der Waals surface area contributed by atoms with Gasteiger partial charge in [-0.1, -0.05) is 11.6 Å². The molecule has 4 aromatic rings. The van der Waals surface area contributed by atoms with Crippen LogP contribution >= 0.6 is 22.9 Å². The smallest absolute Gasteiger partial charge is 0.845 e. The van der Waals surface area contributed by atoms with Gasteiger partial charge in [0.1, 0.15) is 10.0 Å². The zero-order valence-corrected chi connectivity index (χ0v) is 22.5. The van der Waals surface area contributed by atoms with Gasteiger partial charge in [-0.25, -0.2) is 27.3 Å². The van der Waals surface area contributed by atoms with E-state index in [1.807, 2.05) is 4.72 Å². The predicted octanol–water partition coefficient (Wildman–Crippen LogP) is -0.131. The van der Waals surface area contributed by atoms with E-state index in [1.165, 1.54) is 49.5 Å². The molecule has 3 N–H and O–H groups in total. The Morgan fingerprint density at radius 1 is 1.17 bits per heavy atom. The molecule has 0 saturated heterocycles. The monoisotopic (exact) mass is 545 g/mol. The Morgan fingerprint density at radius 3 is 2.46 bits per heavy atom. The van der Waals surface area contributed by atoms with Crippen molar-refractivity contribution < 1.29 is 52.3 Å². The number of nitrogens with one attached hydrogen (secondary N) is 3. The van der Waals surface area contributed by atoms with Gasteiger partial charge >= 0.3 is 35.6 Å². The standard InChI is InChI=1S/C20H15ClFN5O5S2.Na/c1-23-15-9-14-12(8-13(15)22)18(28)27(20(30)25-14)11-4-2-10(3-5-11)24-19(29)26-34(31,32)17-7-6-16(21)33-17;/h2-9,23H,1H3,(H,25,30)(H2,24,26,29);/q;+1/p-1. The zero-order valence-electron chi connectivity index (χ0n) is 18.1. The number of hydrogen-bond acceptors (Lipinski definition) is 8. The SMILES string of the molecule is CNc1cc2nc([O-])n(-c3ccc(NC(=O)NS(=O)(=O)c4ccc(Cl)s4)cc3)c(=O)c2cc1F.[Na+]. The molecule has 0 aliphatic carbocycles. The van der Waals surface area contributed by atoms with Crippen molar-refractivity contribution in [1.29, 1.82) is 0 Å². The van der Waals surface area contributed by atoms with E-state index in [0.717, 1.165) is 22.0 Å². The first-order valence-corrected chi connectivity index (χ1v) is 12.1. The molecule has 0 fully saturated rings. The van der Waals surface area contributed by atoms with Gasteiger partial charge in [-0.15, -0.1) is 11.3 Å². The number of sulfonamides is 1. The summed E-state index contributed by atoms with van der Waals surface area (Å²) in [6, 6.07) is 8.41. The van der Waals surface area contributed by atoms with E-state index < -0.39 is 33.4 Å². The second kappa shape index (κ2) is 10.5. The van der Waals surface area contributed by atoms with Crippen LogP contribution in [0.15, 0.2) is 57.5 Å². The minimum absolute atomic E-state index is 0. The van der Waals surface area contributed by atoms with E-state index in [0.29, 0.717) is 0 Å². The number of carbonyl (C=O) groups is 1. The Hall–Kier alpha value is -2.68. The molecule has 0 radical (unpaired) electrons. The number of amides is 2. The van der Waals surface area contributed by atoms with E-state index in [9.17, 15) is 27.5 Å². The molecule has 0 aliphatic heterocycles. The Morgan fingerprint density at radius 2 is 1.86 bits per heavy atom. The topological polar surface area (TPSA) is 145 Å². The van der Waals surface area contributed by atoms with Gasteiger partial charge in [-0.3, -0.25) is 9.36 Å². The maximum absolute atomic E-state index is 14.1. The van der Waals surface area contributed by atoms with Crippen molar-refractivity contribution in [2.45, 2.75) is 4.21 Å². The van der Waals surface area contributed by atoms with Gasteiger partial charge in [0.25, 0.3) is 15.6 Å². The molecule has 15 heteroatoms. The van der Waals surface area contributed by atoms with Crippen molar-refractivity contribution in [3.63, 3.8) is 0 Å². The van der Waals surface area contributed by atoms with Crippen molar-refractivity contribution in [3.05, 3.63) is 69.0 Å². The molecule has 10 nitrogen and oxygen atoms in total. The van der Waals surface area contributed by atoms with Crippen LogP contribution in [0.25, 0.3) is 16.6 Å². The zero-order chi connectivity index (χ0) is 24.6. The van der Waals surface area contributed by atoms with Crippen LogP contribution in [0.3, 0.4) is 0 Å². The number of rotatable bonds is 5. The first kappa shape index (κ1) is 26.9. The van der Waals surface area contributed by atoms with Gasteiger partial charge in [0, 0.05) is 18.4 Å². The van der Waals surface area contributed by atoms with Crippen molar-refractivity contribution in [2.75, 3.05) is 17.7 Å². The molecule has 0 unspecified atom stereocenters. The molecule has 0 saturated carbocycles. The third-order valence-corrected chi connectivity index (χ3v) is 7.67. The van der Waals surface area contributed by atoms with E-state index in [-0.39, 0.29) is 66.1 Å². The quantitative estimate of drug-likeness (QED) is 0.296. The summed E-state index contributed by atoms with van der Waals surface area (Å²) in [4.78, 5) is 28.8. The van der Waals surface area contributed by atoms with E-state index >= 15 is 0 Å². The van der Waals surface area contributed by atoms with Gasteiger partial charge in [0.2, 0.25) is 0 Å². The fourth-order valence-corrected chi connectivity index (χ4v) is 5.46. The van der Waals surface area contributed by atoms with Crippen molar-refractivity contribution in [3.8, 4) is 11.7 Å². The Bertz CT molecular complexity index is 1590. The van der Waals surface area contributed by atoms with Crippen LogP contribution in [0, 0.1) is 5.82 Å². The maximum Gasteiger partial charge on any atom is 1.00 e. The van der Waals surface area contributed by atoms with Crippen LogP contribution in [0.2, 0.25) is 4.34 Å². The van der Waals surface area contributed by atoms with Crippen LogP contribution < -0.4 is 55.6 Å². The van der Waals surface area contributed by atoms with Crippen LogP contribution in [-0.2, 0) is 10.0 Å². The average Bonchev–Trinajstić information content (AvgIpc) is 3.22. The molecule has 0 bridgehead atoms. The molecule has 35 heavy (non-hydrogen) atoms. The maximum atomic E-state index is 14.1. The summed E-state index contributed by atoms with van der Waals surface area (Å²) in [6.45, 7) is 0. The molecule has 176 valence electrons. The molecule has 0 spiro atoms. The number of aromatic nitrogens is 2. The second-order valence-corrected chi connectivity index (χ2v) is 10.4. The first-order valence-electron chi connectivity index (χ1n) is 9.39. The van der Waals surface area contributed by atoms with Gasteiger partial charge < -0.3 is 15.7 Å². The van der Waals surface area contributed by atoms with Crippen molar-refractivity contribution in [1.82, 2.24) is 14.3 Å². The second-order valence-electron chi connectivity index (χ2n) is 6.80. The Kier molecular flexibility index (Phi) is 8.09. The van der Waals surface area contributed by atoms with Crippen molar-refractivity contribution >= 4 is 61.3 Å². The molecule has 0 atom stereocenters. The third-order valence-electron chi connectivity index (χ3n) is 4.62. The van der Waals surface area contributed by atoms with Gasteiger partial charge in [0.15, 0.2) is 0 Å². The molecule has 2 aromatic carbocycles. The minimum Gasteiger partial charge on any atom is -0.845 e. The minimum atomic E-state index is -4.11. The van der Waals surface area contributed by atoms with Gasteiger partial charge in [0.05, 0.1) is 26.9 Å². The summed E-state index contributed by atoms with van der Waals surface area (Å²) in [5.41, 5.74) is -0.334. The molecule has 2 amide bonds. The van der Waals surface area contributed by atoms with Gasteiger partial charge in [-0.05, 0) is 48.5 Å². The molecule has 0 aliphatic rings. The molecule has 4 rings (SSSR count). The molecular formula is C20H14ClFN5NaO5S2. The number of hydrogen-bond donors (Lipinski definition) is 3. The number of benzene rings is 2. The molecule has 2 heterocycles. The molecular weight excluding hydrogens is 532 g/mol. The number of thiophene rings is 1. The first-order chi connectivity index (χ1) is 16.1. The summed E-state index contributed by atoms with van der Waals surface area (Å²) < 4.78 is 41.3. The summed E-state index contributed by atoms with van der Waals surface area (Å²) in [6.07, 6.45) is 0. The number of urea groups is 1. The third kappa shape index (κ3) is 5.60. The number of halogens is 2. The fraction of sp³-hybridized carbons (Fsp3) is 0.0500. The number of nitrogens with zero attached hydrogens (tertiary/aromatic N) is 2. The summed E-state index contributed by atoms with van der Waals surface area (Å²) in [5, 5.41) is 17.3. The Balaban J connectivity index is 0.00000342. The van der Waals surface area contributed by atoms with E-state index in [2.05, 4.69) is 15.6 Å². The number of anilines is 2. The van der Waals surface area contributed by atoms with E-state index in [1.54, 1.807) is 0 Å². The average molecular weight is 546 g/mol. The van der Waals surface area contributed by atoms with Crippen LogP contribution in [0.4, 0.5) is 20.6 Å². The summed E-state index contributed by atoms with van der Waals surface area (Å²) in [7, 11) is -2.62. The van der Waals surface area contributed by atoms with Gasteiger partial charge in [-0.2, -0.15) is 0 Å². The molecule has 2 aromatic heterocycles. The number of fused-ring (bicyclic) bond motifs is 1. The van der Waals surface area contributed by atoms with Crippen LogP contribution in [0.5, 0.6) is 6.01 Å². The largest absolute Gasteiger partial charge is 1.00 e. The van der Waals surface area contributed by atoms with Crippen LogP contribution in [-0.4, -0.2) is 31.0 Å². The normalized spacial score (nSPS) is 11.1. The summed E-state index contributed by atoms with van der Waals surface area (Å²) >= 11 is 6.52. The predicted molar refractivity (Wildman–Crippen MR) is 125 cm³/mol. The fourth-order valence-electron chi connectivity index (χ4n) is 3.07. The van der Waals surface area contributed by atoms with Crippen LogP contribution in [0.1, 0.15) is 0 Å². The van der Waals surface area contributed by atoms with Crippen molar-refractivity contribution in [2.24, 2.45) is 0 Å².